The zero-order valence-electron chi connectivity index (χ0n) is 33.6. The molecule has 6 nitrogen and oxygen atoms in total. The topological polar surface area (TPSA) is 88.4 Å². The summed E-state index contributed by atoms with van der Waals surface area (Å²) in [4.78, 5) is 0. The van der Waals surface area contributed by atoms with E-state index in [0.717, 1.165) is 67.5 Å². The number of halogens is 15. The Labute approximate surface area is 320 Å². The zero-order valence-corrected chi connectivity index (χ0v) is 33.6. The predicted octanol–water partition coefficient (Wildman–Crippen LogP) is 10.8. The van der Waals surface area contributed by atoms with Gasteiger partial charge in [-0.05, 0) is 131 Å². The minimum Gasteiger partial charge on any atom is -0.378 e. The summed E-state index contributed by atoms with van der Waals surface area (Å²) in [6.45, 7) is 13.5. The molecule has 0 aliphatic carbocycles. The Morgan fingerprint density at radius 3 is 1.04 bits per heavy atom. The molecule has 3 N–H and O–H groups in total. The largest absolute Gasteiger partial charge is 0.429 e. The number of hydrogen-bond acceptors (Lipinski definition) is 6. The van der Waals surface area contributed by atoms with Gasteiger partial charge in [0.05, 0.1) is 16.8 Å². The van der Waals surface area contributed by atoms with E-state index in [1.165, 1.54) is 6.92 Å². The fraction of sp³-hybridized carbons (Fsp3) is 0.778. The Bertz CT molecular complexity index is 1610. The monoisotopic (exact) mass is 862 g/mol. The van der Waals surface area contributed by atoms with Crippen molar-refractivity contribution in [1.82, 2.24) is 0 Å². The van der Waals surface area contributed by atoms with E-state index in [9.17, 15) is 81.2 Å². The molecule has 0 spiro atoms. The lowest BCUT2D eigenvalue weighted by Gasteiger charge is -2.50. The van der Waals surface area contributed by atoms with Crippen LogP contribution in [0, 0.1) is 0 Å². The van der Waals surface area contributed by atoms with Gasteiger partial charge in [-0.1, -0.05) is 12.2 Å². The minimum absolute atomic E-state index is 0.112. The van der Waals surface area contributed by atoms with E-state index in [4.69, 9.17) is 14.2 Å². The van der Waals surface area contributed by atoms with Crippen LogP contribution >= 0.6 is 0 Å². The summed E-state index contributed by atoms with van der Waals surface area (Å²) in [5.41, 5.74) is -34.0. The standard InChI is InChI=1S/C36H49F15O6/c1-18(2)20-16-19(23(3,4)55-27(11,12)30(53,33(40,41)42)34(43,44)45)17-21(22(20)25(7,8)57-26(9,10)29(15,52)32(37,38)39)24(5,6)56-28(13,14)31(54,35(46,47)48)36(49,50)51/h16-17,52-54H,1H2,2-15H3. The van der Waals surface area contributed by atoms with Crippen LogP contribution in [0.5, 0.6) is 0 Å². The third-order valence-corrected chi connectivity index (χ3v) is 10.2. The summed E-state index contributed by atoms with van der Waals surface area (Å²) >= 11 is 0. The fourth-order valence-electron chi connectivity index (χ4n) is 6.80. The highest BCUT2D eigenvalue weighted by molar-refractivity contribution is 5.69. The maximum atomic E-state index is 14.2. The normalized spacial score (nSPS) is 16.8. The number of benzene rings is 1. The van der Waals surface area contributed by atoms with Crippen LogP contribution in [0.2, 0.25) is 0 Å². The van der Waals surface area contributed by atoms with Crippen molar-refractivity contribution >= 4 is 5.57 Å². The highest BCUT2D eigenvalue weighted by Gasteiger charge is 2.79. The fourth-order valence-corrected chi connectivity index (χ4v) is 6.80. The first-order chi connectivity index (χ1) is 24.3. The molecule has 1 rings (SSSR count). The molecule has 57 heavy (non-hydrogen) atoms. The number of hydrogen-bond donors (Lipinski definition) is 3. The van der Waals surface area contributed by atoms with Gasteiger partial charge in [0.2, 0.25) is 0 Å². The lowest BCUT2D eigenvalue weighted by Crippen LogP contribution is -2.70. The molecule has 21 heteroatoms. The van der Waals surface area contributed by atoms with Gasteiger partial charge in [-0.25, -0.2) is 0 Å². The zero-order chi connectivity index (χ0) is 46.4. The van der Waals surface area contributed by atoms with Crippen molar-refractivity contribution in [1.29, 1.82) is 0 Å². The Hall–Kier alpha value is -2.33. The maximum absolute atomic E-state index is 14.2. The van der Waals surface area contributed by atoms with Gasteiger partial charge in [0.1, 0.15) is 16.8 Å². The molecule has 0 saturated carbocycles. The number of rotatable bonds is 13. The predicted molar refractivity (Wildman–Crippen MR) is 177 cm³/mol. The maximum Gasteiger partial charge on any atom is 0.429 e. The van der Waals surface area contributed by atoms with Gasteiger partial charge in [0.15, 0.2) is 5.60 Å². The summed E-state index contributed by atoms with van der Waals surface area (Å²) in [7, 11) is 0. The van der Waals surface area contributed by atoms with Crippen LogP contribution < -0.4 is 0 Å². The van der Waals surface area contributed by atoms with Crippen molar-refractivity contribution in [3.63, 3.8) is 0 Å². The van der Waals surface area contributed by atoms with Crippen LogP contribution in [0.1, 0.15) is 119 Å². The molecule has 0 saturated heterocycles. The molecular weight excluding hydrogens is 813 g/mol. The van der Waals surface area contributed by atoms with Gasteiger partial charge < -0.3 is 29.5 Å². The van der Waals surface area contributed by atoms with Gasteiger partial charge in [0, 0.05) is 0 Å². The minimum atomic E-state index is -6.47. The van der Waals surface area contributed by atoms with Gasteiger partial charge >= 0.3 is 30.9 Å². The molecular formula is C36H49F15O6. The van der Waals surface area contributed by atoms with E-state index in [0.29, 0.717) is 6.92 Å². The highest BCUT2D eigenvalue weighted by Crippen LogP contribution is 2.56. The van der Waals surface area contributed by atoms with E-state index < -0.39 is 98.0 Å². The van der Waals surface area contributed by atoms with Crippen molar-refractivity contribution in [3.05, 3.63) is 41.0 Å². The van der Waals surface area contributed by atoms with Crippen LogP contribution in [-0.4, -0.2) is 79.8 Å². The molecule has 0 aliphatic heterocycles. The first-order valence-corrected chi connectivity index (χ1v) is 16.7. The second kappa shape index (κ2) is 14.4. The van der Waals surface area contributed by atoms with Crippen LogP contribution in [0.15, 0.2) is 18.7 Å². The van der Waals surface area contributed by atoms with Gasteiger partial charge in [-0.3, -0.25) is 0 Å². The second-order valence-electron chi connectivity index (χ2n) is 17.1. The summed E-state index contributed by atoms with van der Waals surface area (Å²) in [6.07, 6.45) is -31.1. The van der Waals surface area contributed by atoms with Crippen LogP contribution in [-0.2, 0) is 31.0 Å². The summed E-state index contributed by atoms with van der Waals surface area (Å²) in [5, 5.41) is 31.2. The van der Waals surface area contributed by atoms with E-state index >= 15 is 0 Å². The molecule has 1 aromatic carbocycles. The number of alkyl halides is 15. The average molecular weight is 863 g/mol. The van der Waals surface area contributed by atoms with E-state index in [1.54, 1.807) is 0 Å². The molecule has 0 aliphatic rings. The Balaban J connectivity index is 4.59. The van der Waals surface area contributed by atoms with E-state index in [-0.39, 0.29) is 38.8 Å². The highest BCUT2D eigenvalue weighted by atomic mass is 19.4. The molecule has 1 unspecified atom stereocenters. The smallest absolute Gasteiger partial charge is 0.378 e. The third-order valence-electron chi connectivity index (χ3n) is 10.2. The molecule has 334 valence electrons. The molecule has 0 radical (unpaired) electrons. The SMILES string of the molecule is C=C(C)c1cc(C(C)(C)OC(C)(C)C(O)(C(F)(F)F)C(F)(F)F)cc(C(C)(C)OC(C)(C)C(O)(C(F)(F)F)C(F)(F)F)c1C(C)(C)OC(C)(C)C(C)(O)C(F)(F)F. The first-order valence-electron chi connectivity index (χ1n) is 16.7. The molecule has 0 fully saturated rings. The van der Waals surface area contributed by atoms with Crippen molar-refractivity contribution in [2.75, 3.05) is 0 Å². The lowest BCUT2D eigenvalue weighted by atomic mass is 9.75. The van der Waals surface area contributed by atoms with Crippen molar-refractivity contribution in [2.45, 2.75) is 178 Å². The molecule has 0 aromatic heterocycles. The van der Waals surface area contributed by atoms with Crippen molar-refractivity contribution < 1.29 is 95.4 Å². The molecule has 0 bridgehead atoms. The van der Waals surface area contributed by atoms with E-state index in [1.807, 2.05) is 0 Å². The van der Waals surface area contributed by atoms with Crippen LogP contribution in [0.3, 0.4) is 0 Å². The Morgan fingerprint density at radius 1 is 0.456 bits per heavy atom. The molecule has 1 aromatic rings. The summed E-state index contributed by atoms with van der Waals surface area (Å²) in [5.74, 6) is 0. The quantitative estimate of drug-likeness (QED) is 0.171. The second-order valence-corrected chi connectivity index (χ2v) is 17.1. The number of allylic oxidation sites excluding steroid dienone is 1. The van der Waals surface area contributed by atoms with Crippen molar-refractivity contribution in [2.24, 2.45) is 0 Å². The Kier molecular flexibility index (Phi) is 13.3. The third kappa shape index (κ3) is 9.07. The van der Waals surface area contributed by atoms with Gasteiger partial charge in [0.25, 0.3) is 11.2 Å². The van der Waals surface area contributed by atoms with Crippen molar-refractivity contribution in [3.8, 4) is 0 Å². The molecule has 0 amide bonds. The first kappa shape index (κ1) is 52.7. The number of aliphatic hydroxyl groups is 3. The Morgan fingerprint density at radius 2 is 0.754 bits per heavy atom. The van der Waals surface area contributed by atoms with Crippen LogP contribution in [0.4, 0.5) is 65.9 Å². The average Bonchev–Trinajstić information content (AvgIpc) is 2.90. The lowest BCUT2D eigenvalue weighted by molar-refractivity contribution is -0.421. The summed E-state index contributed by atoms with van der Waals surface area (Å²) in [6, 6.07) is 1.81. The number of ether oxygens (including phenoxy) is 3. The van der Waals surface area contributed by atoms with Crippen LogP contribution in [0.25, 0.3) is 5.57 Å². The molecule has 0 heterocycles. The summed E-state index contributed by atoms with van der Waals surface area (Å²) < 4.78 is 228. The van der Waals surface area contributed by atoms with Gasteiger partial charge in [-0.15, -0.1) is 0 Å². The van der Waals surface area contributed by atoms with Gasteiger partial charge in [-0.2, -0.15) is 65.9 Å². The molecule has 1 atom stereocenters. The van der Waals surface area contributed by atoms with E-state index in [2.05, 4.69) is 6.58 Å².